The van der Waals surface area contributed by atoms with Crippen LogP contribution in [0.4, 0.5) is 11.5 Å². The predicted octanol–water partition coefficient (Wildman–Crippen LogP) is 1.81. The van der Waals surface area contributed by atoms with Gasteiger partial charge in [0.25, 0.3) is 11.6 Å². The molecule has 1 amide bonds. The fourth-order valence-electron chi connectivity index (χ4n) is 3.49. The molecule has 31 heavy (non-hydrogen) atoms. The second-order valence-electron chi connectivity index (χ2n) is 7.16. The molecule has 1 aromatic carbocycles. The highest BCUT2D eigenvalue weighted by atomic mass is 16.6. The van der Waals surface area contributed by atoms with Crippen LogP contribution in [0.3, 0.4) is 0 Å². The summed E-state index contributed by atoms with van der Waals surface area (Å²) in [6.07, 6.45) is 1.22. The van der Waals surface area contributed by atoms with E-state index in [2.05, 4.69) is 10.1 Å². The molecular weight excluding hydrogens is 400 g/mol. The highest BCUT2D eigenvalue weighted by Gasteiger charge is 2.26. The summed E-state index contributed by atoms with van der Waals surface area (Å²) in [6.45, 7) is 3.53. The molecule has 0 saturated carbocycles. The van der Waals surface area contributed by atoms with Gasteiger partial charge in [0.2, 0.25) is 5.43 Å². The minimum Gasteiger partial charge on any atom is -0.353 e. The Morgan fingerprint density at radius 3 is 2.39 bits per heavy atom. The number of carbonyl (C=O) groups is 1. The lowest BCUT2D eigenvalue weighted by Gasteiger charge is -2.35. The van der Waals surface area contributed by atoms with E-state index in [1.54, 1.807) is 22.6 Å². The molecule has 0 N–H and O–H groups in total. The summed E-state index contributed by atoms with van der Waals surface area (Å²) in [4.78, 5) is 43.5. The quantitative estimate of drug-likeness (QED) is 0.467. The first-order chi connectivity index (χ1) is 14.9. The number of aromatic nitrogens is 3. The fourth-order valence-corrected chi connectivity index (χ4v) is 3.49. The monoisotopic (exact) mass is 420 g/mol. The van der Waals surface area contributed by atoms with Crippen LogP contribution in [-0.4, -0.2) is 56.7 Å². The van der Waals surface area contributed by atoms with Gasteiger partial charge >= 0.3 is 0 Å². The van der Waals surface area contributed by atoms with Crippen LogP contribution < -0.4 is 10.3 Å². The number of anilines is 1. The lowest BCUT2D eigenvalue weighted by Crippen LogP contribution is -2.50. The molecule has 0 unspecified atom stereocenters. The number of hydrogen-bond acceptors (Lipinski definition) is 7. The second kappa shape index (κ2) is 8.34. The molecule has 1 saturated heterocycles. The van der Waals surface area contributed by atoms with Gasteiger partial charge in [-0.05, 0) is 25.1 Å². The maximum absolute atomic E-state index is 13.0. The third-order valence-corrected chi connectivity index (χ3v) is 5.14. The highest BCUT2D eigenvalue weighted by molar-refractivity contribution is 5.92. The Labute approximate surface area is 177 Å². The molecule has 1 aliphatic heterocycles. The molecular formula is C21H20N6O4. The van der Waals surface area contributed by atoms with E-state index >= 15 is 0 Å². The van der Waals surface area contributed by atoms with Crippen molar-refractivity contribution in [2.45, 2.75) is 6.92 Å². The molecule has 10 nitrogen and oxygen atoms in total. The van der Waals surface area contributed by atoms with Crippen LogP contribution in [0.15, 0.2) is 59.5 Å². The number of rotatable bonds is 4. The predicted molar refractivity (Wildman–Crippen MR) is 114 cm³/mol. The van der Waals surface area contributed by atoms with Crippen molar-refractivity contribution in [1.82, 2.24) is 19.7 Å². The van der Waals surface area contributed by atoms with Crippen LogP contribution in [0.5, 0.6) is 0 Å². The van der Waals surface area contributed by atoms with Gasteiger partial charge in [-0.3, -0.25) is 19.7 Å². The van der Waals surface area contributed by atoms with Crippen molar-refractivity contribution >= 4 is 17.4 Å². The third kappa shape index (κ3) is 4.13. The molecule has 0 aliphatic carbocycles. The van der Waals surface area contributed by atoms with Crippen molar-refractivity contribution in [2.75, 3.05) is 31.1 Å². The maximum Gasteiger partial charge on any atom is 0.287 e. The number of carbonyl (C=O) groups excluding carboxylic acids is 1. The van der Waals surface area contributed by atoms with E-state index < -0.39 is 16.3 Å². The Kier molecular flexibility index (Phi) is 5.44. The first-order valence-electron chi connectivity index (χ1n) is 9.75. The van der Waals surface area contributed by atoms with E-state index in [0.717, 1.165) is 5.69 Å². The van der Waals surface area contributed by atoms with Gasteiger partial charge < -0.3 is 9.80 Å². The van der Waals surface area contributed by atoms with Gasteiger partial charge in [0.05, 0.1) is 10.6 Å². The molecule has 1 aliphatic rings. The normalized spacial score (nSPS) is 13.8. The van der Waals surface area contributed by atoms with Crippen molar-refractivity contribution < 1.29 is 9.72 Å². The first kappa shape index (κ1) is 20.2. The Morgan fingerprint density at radius 1 is 1.06 bits per heavy atom. The van der Waals surface area contributed by atoms with Crippen molar-refractivity contribution in [1.29, 1.82) is 0 Å². The van der Waals surface area contributed by atoms with Crippen molar-refractivity contribution in [3.63, 3.8) is 0 Å². The Morgan fingerprint density at radius 2 is 1.77 bits per heavy atom. The summed E-state index contributed by atoms with van der Waals surface area (Å²) in [5.74, 6) is 0.198. The molecule has 4 rings (SSSR count). The second-order valence-corrected chi connectivity index (χ2v) is 7.16. The zero-order valence-corrected chi connectivity index (χ0v) is 16.8. The summed E-state index contributed by atoms with van der Waals surface area (Å²) >= 11 is 0. The van der Waals surface area contributed by atoms with E-state index in [9.17, 15) is 19.7 Å². The zero-order valence-electron chi connectivity index (χ0n) is 16.8. The summed E-state index contributed by atoms with van der Waals surface area (Å²) < 4.78 is 1.59. The Bertz CT molecular complexity index is 1170. The molecule has 0 bridgehead atoms. The molecule has 0 atom stereocenters. The number of piperazine rings is 1. The minimum atomic E-state index is -0.496. The highest BCUT2D eigenvalue weighted by Crippen LogP contribution is 2.18. The molecule has 3 heterocycles. The van der Waals surface area contributed by atoms with E-state index in [0.29, 0.717) is 37.7 Å². The number of aryl methyl sites for hydroxylation is 1. The van der Waals surface area contributed by atoms with Crippen LogP contribution >= 0.6 is 0 Å². The zero-order chi connectivity index (χ0) is 22.0. The van der Waals surface area contributed by atoms with Crippen molar-refractivity contribution in [2.24, 2.45) is 0 Å². The average molecular weight is 420 g/mol. The number of hydrogen-bond donors (Lipinski definition) is 0. The third-order valence-electron chi connectivity index (χ3n) is 5.14. The first-order valence-corrected chi connectivity index (χ1v) is 9.75. The summed E-state index contributed by atoms with van der Waals surface area (Å²) in [7, 11) is 0. The molecule has 0 radical (unpaired) electrons. The van der Waals surface area contributed by atoms with Gasteiger partial charge in [-0.15, -0.1) is 0 Å². The van der Waals surface area contributed by atoms with Gasteiger partial charge in [-0.1, -0.05) is 18.2 Å². The summed E-state index contributed by atoms with van der Waals surface area (Å²) in [6, 6.07) is 13.7. The van der Waals surface area contributed by atoms with Gasteiger partial charge in [0, 0.05) is 44.0 Å². The summed E-state index contributed by atoms with van der Waals surface area (Å²) in [5, 5.41) is 15.1. The average Bonchev–Trinajstić information content (AvgIpc) is 2.79. The smallest absolute Gasteiger partial charge is 0.287 e. The van der Waals surface area contributed by atoms with E-state index in [-0.39, 0.29) is 11.4 Å². The van der Waals surface area contributed by atoms with Gasteiger partial charge in [0.1, 0.15) is 12.0 Å². The number of nitrogens with zero attached hydrogens (tertiary/aromatic N) is 6. The fraction of sp³-hybridized carbons (Fsp3) is 0.238. The number of para-hydroxylation sites is 1. The Balaban J connectivity index is 1.50. The number of benzene rings is 1. The largest absolute Gasteiger partial charge is 0.353 e. The lowest BCUT2D eigenvalue weighted by atomic mass is 10.2. The van der Waals surface area contributed by atoms with Crippen LogP contribution in [-0.2, 0) is 0 Å². The number of nitro groups is 1. The number of amides is 1. The van der Waals surface area contributed by atoms with Crippen molar-refractivity contribution in [3.05, 3.63) is 86.5 Å². The maximum atomic E-state index is 13.0. The van der Waals surface area contributed by atoms with Crippen molar-refractivity contribution in [3.8, 4) is 5.69 Å². The molecule has 2 aromatic heterocycles. The van der Waals surface area contributed by atoms with Crippen LogP contribution in [0.1, 0.15) is 16.2 Å². The number of pyridine rings is 1. The molecule has 1 fully saturated rings. The Hall–Kier alpha value is -4.08. The van der Waals surface area contributed by atoms with E-state index in [4.69, 9.17) is 0 Å². The van der Waals surface area contributed by atoms with Crippen LogP contribution in [0, 0.1) is 17.0 Å². The van der Waals surface area contributed by atoms with Gasteiger partial charge in [0.15, 0.2) is 5.69 Å². The molecule has 158 valence electrons. The lowest BCUT2D eigenvalue weighted by molar-refractivity contribution is -0.385. The topological polar surface area (TPSA) is 114 Å². The van der Waals surface area contributed by atoms with Gasteiger partial charge in [-0.25, -0.2) is 9.67 Å². The van der Waals surface area contributed by atoms with Crippen LogP contribution in [0.25, 0.3) is 5.69 Å². The van der Waals surface area contributed by atoms with Crippen LogP contribution in [0.2, 0.25) is 0 Å². The van der Waals surface area contributed by atoms with Gasteiger partial charge in [-0.2, -0.15) is 5.10 Å². The standard InChI is InChI=1S/C21H20N6O4/c1-15-13-18(28)20(23-26(15)16-5-3-2-4-6-16)21(29)25-11-9-24(10-12-25)19-8-7-17(14-22-19)27(30)31/h2-8,13-14H,9-12H2,1H3. The summed E-state index contributed by atoms with van der Waals surface area (Å²) in [5.41, 5.74) is 0.813. The molecule has 0 spiro atoms. The van der Waals surface area contributed by atoms with E-state index in [1.807, 2.05) is 35.2 Å². The van der Waals surface area contributed by atoms with E-state index in [1.165, 1.54) is 18.3 Å². The SMILES string of the molecule is Cc1cc(=O)c(C(=O)N2CCN(c3ccc([N+](=O)[O-])cn3)CC2)nn1-c1ccccc1. The molecule has 10 heteroatoms. The molecule has 3 aromatic rings. The minimum absolute atomic E-state index is 0.0716.